The van der Waals surface area contributed by atoms with E-state index in [0.29, 0.717) is 0 Å². The maximum absolute atomic E-state index is 10.7. The average Bonchev–Trinajstić information content (AvgIpc) is 2.03. The van der Waals surface area contributed by atoms with Crippen molar-refractivity contribution in [1.82, 2.24) is 0 Å². The zero-order valence-corrected chi connectivity index (χ0v) is 6.86. The summed E-state index contributed by atoms with van der Waals surface area (Å²) in [5.74, 6) is -1.16. The van der Waals surface area contributed by atoms with E-state index in [2.05, 4.69) is 0 Å². The van der Waals surface area contributed by atoms with Gasteiger partial charge in [-0.1, -0.05) is 0 Å². The Morgan fingerprint density at radius 2 is 2.00 bits per heavy atom. The maximum Gasteiger partial charge on any atom is 0.325 e. The second-order valence-corrected chi connectivity index (χ2v) is 2.73. The van der Waals surface area contributed by atoms with Gasteiger partial charge in [0.2, 0.25) is 0 Å². The minimum absolute atomic E-state index is 0.0306. The van der Waals surface area contributed by atoms with Crippen LogP contribution in [0.2, 0.25) is 0 Å². The van der Waals surface area contributed by atoms with Crippen LogP contribution in [0.4, 0.5) is 0 Å². The average molecular weight is 176 g/mol. The third-order valence-electron chi connectivity index (χ3n) is 1.87. The van der Waals surface area contributed by atoms with E-state index in [-0.39, 0.29) is 19.5 Å². The van der Waals surface area contributed by atoms with Crippen LogP contribution in [0.5, 0.6) is 0 Å². The molecule has 72 valence electrons. The molecule has 0 saturated heterocycles. The molecular formula is C6H16N4O2. The number of hydrogen-bond donors (Lipinski definition) is 5. The molecule has 6 nitrogen and oxygen atoms in total. The van der Waals surface area contributed by atoms with Gasteiger partial charge < -0.3 is 28.0 Å². The zero-order chi connectivity index (χ0) is 9.78. The van der Waals surface area contributed by atoms with Crippen LogP contribution in [0.15, 0.2) is 0 Å². The van der Waals surface area contributed by atoms with Gasteiger partial charge in [0, 0.05) is 12.6 Å². The lowest BCUT2D eigenvalue weighted by Crippen LogP contribution is -2.64. The van der Waals surface area contributed by atoms with Crippen molar-refractivity contribution in [3.63, 3.8) is 0 Å². The number of hydrogen-bond acceptors (Lipinski definition) is 5. The standard InChI is InChI=1S/C6H16N4O2/c7-2-1-6(10,5(11)12)4(9)3-8/h4H,1-3,7-10H2,(H,11,12). The Morgan fingerprint density at radius 1 is 1.50 bits per heavy atom. The second-order valence-electron chi connectivity index (χ2n) is 2.73. The largest absolute Gasteiger partial charge is 0.480 e. The van der Waals surface area contributed by atoms with Gasteiger partial charge in [-0.15, -0.1) is 0 Å². The molecule has 0 fully saturated rings. The summed E-state index contributed by atoms with van der Waals surface area (Å²) in [6, 6.07) is -0.765. The summed E-state index contributed by atoms with van der Waals surface area (Å²) in [5, 5.41) is 8.75. The highest BCUT2D eigenvalue weighted by molar-refractivity contribution is 5.79. The molecule has 0 aromatic heterocycles. The molecule has 0 bridgehead atoms. The number of nitrogens with two attached hydrogens (primary N) is 4. The van der Waals surface area contributed by atoms with Crippen molar-refractivity contribution in [1.29, 1.82) is 0 Å². The fourth-order valence-electron chi connectivity index (χ4n) is 0.900. The number of carboxylic acid groups (broad SMARTS) is 1. The first-order valence-corrected chi connectivity index (χ1v) is 3.67. The first-order chi connectivity index (χ1) is 5.49. The Kier molecular flexibility index (Phi) is 4.11. The summed E-state index contributed by atoms with van der Waals surface area (Å²) < 4.78 is 0. The van der Waals surface area contributed by atoms with Gasteiger partial charge in [-0.2, -0.15) is 0 Å². The fourth-order valence-corrected chi connectivity index (χ4v) is 0.900. The Labute approximate surface area is 70.9 Å². The van der Waals surface area contributed by atoms with Gasteiger partial charge in [-0.3, -0.25) is 4.79 Å². The first kappa shape index (κ1) is 11.3. The fraction of sp³-hybridized carbons (Fsp3) is 0.833. The van der Waals surface area contributed by atoms with Crippen LogP contribution in [0.3, 0.4) is 0 Å². The van der Waals surface area contributed by atoms with Crippen LogP contribution in [-0.4, -0.2) is 35.7 Å². The van der Waals surface area contributed by atoms with Crippen LogP contribution < -0.4 is 22.9 Å². The van der Waals surface area contributed by atoms with E-state index in [4.69, 9.17) is 28.0 Å². The van der Waals surface area contributed by atoms with Crippen molar-refractivity contribution in [2.75, 3.05) is 13.1 Å². The molecule has 0 amide bonds. The van der Waals surface area contributed by atoms with Crippen LogP contribution in [-0.2, 0) is 4.79 Å². The van der Waals surface area contributed by atoms with E-state index >= 15 is 0 Å². The van der Waals surface area contributed by atoms with Crippen LogP contribution in [0.25, 0.3) is 0 Å². The van der Waals surface area contributed by atoms with Gasteiger partial charge >= 0.3 is 5.97 Å². The summed E-state index contributed by atoms with van der Waals surface area (Å²) in [7, 11) is 0. The second kappa shape index (κ2) is 4.36. The molecule has 0 aliphatic rings. The number of carbonyl (C=O) groups is 1. The van der Waals surface area contributed by atoms with Crippen LogP contribution >= 0.6 is 0 Å². The smallest absolute Gasteiger partial charge is 0.325 e. The van der Waals surface area contributed by atoms with E-state index < -0.39 is 17.6 Å². The van der Waals surface area contributed by atoms with Crippen molar-refractivity contribution in [3.05, 3.63) is 0 Å². The number of aliphatic carboxylic acids is 1. The monoisotopic (exact) mass is 176 g/mol. The van der Waals surface area contributed by atoms with Gasteiger partial charge in [0.05, 0.1) is 0 Å². The minimum atomic E-state index is -1.50. The molecule has 0 saturated carbocycles. The third kappa shape index (κ3) is 2.15. The SMILES string of the molecule is NCCC(N)(C(=O)O)C(N)CN. The minimum Gasteiger partial charge on any atom is -0.480 e. The summed E-state index contributed by atoms with van der Waals surface area (Å²) in [4.78, 5) is 10.7. The van der Waals surface area contributed by atoms with Gasteiger partial charge in [0.15, 0.2) is 0 Å². The summed E-state index contributed by atoms with van der Waals surface area (Å²) in [6.45, 7) is 0.208. The van der Waals surface area contributed by atoms with E-state index in [0.717, 1.165) is 0 Å². The molecule has 0 heterocycles. The molecule has 2 atom stereocenters. The molecule has 0 spiro atoms. The third-order valence-corrected chi connectivity index (χ3v) is 1.87. The Morgan fingerprint density at radius 3 is 2.25 bits per heavy atom. The molecule has 0 aliphatic carbocycles. The van der Waals surface area contributed by atoms with E-state index in [1.54, 1.807) is 0 Å². The molecule has 6 heteroatoms. The predicted octanol–water partition coefficient (Wildman–Crippen LogP) is -2.60. The van der Waals surface area contributed by atoms with Gasteiger partial charge in [-0.05, 0) is 13.0 Å². The normalized spacial score (nSPS) is 18.3. The lowest BCUT2D eigenvalue weighted by Gasteiger charge is -2.29. The number of carboxylic acids is 1. The molecule has 9 N–H and O–H groups in total. The Bertz CT molecular complexity index is 164. The first-order valence-electron chi connectivity index (χ1n) is 3.67. The molecule has 0 rings (SSSR count). The highest BCUT2D eigenvalue weighted by Crippen LogP contribution is 2.09. The summed E-state index contributed by atoms with van der Waals surface area (Å²) in [6.07, 6.45) is 0.126. The van der Waals surface area contributed by atoms with Crippen molar-refractivity contribution in [3.8, 4) is 0 Å². The van der Waals surface area contributed by atoms with Gasteiger partial charge in [0.25, 0.3) is 0 Å². The lowest BCUT2D eigenvalue weighted by atomic mass is 9.88. The maximum atomic E-state index is 10.7. The molecular weight excluding hydrogens is 160 g/mol. The van der Waals surface area contributed by atoms with Crippen molar-refractivity contribution < 1.29 is 9.90 Å². The Balaban J connectivity index is 4.48. The summed E-state index contributed by atoms with van der Waals surface area (Å²) in [5.41, 5.74) is 19.9. The van der Waals surface area contributed by atoms with Crippen molar-refractivity contribution in [2.45, 2.75) is 18.0 Å². The summed E-state index contributed by atoms with van der Waals surface area (Å²) >= 11 is 0. The molecule has 12 heavy (non-hydrogen) atoms. The van der Waals surface area contributed by atoms with E-state index in [1.807, 2.05) is 0 Å². The predicted molar refractivity (Wildman–Crippen MR) is 45.3 cm³/mol. The van der Waals surface area contributed by atoms with Crippen molar-refractivity contribution in [2.24, 2.45) is 22.9 Å². The van der Waals surface area contributed by atoms with Crippen LogP contribution in [0, 0.1) is 0 Å². The van der Waals surface area contributed by atoms with E-state index in [9.17, 15) is 4.79 Å². The van der Waals surface area contributed by atoms with Crippen LogP contribution in [0.1, 0.15) is 6.42 Å². The molecule has 0 aromatic carbocycles. The topological polar surface area (TPSA) is 141 Å². The highest BCUT2D eigenvalue weighted by Gasteiger charge is 2.38. The van der Waals surface area contributed by atoms with E-state index in [1.165, 1.54) is 0 Å². The zero-order valence-electron chi connectivity index (χ0n) is 6.86. The van der Waals surface area contributed by atoms with Gasteiger partial charge in [-0.25, -0.2) is 0 Å². The van der Waals surface area contributed by atoms with Gasteiger partial charge in [0.1, 0.15) is 5.54 Å². The number of rotatable bonds is 5. The Hall–Kier alpha value is -0.690. The van der Waals surface area contributed by atoms with Crippen molar-refractivity contribution >= 4 is 5.97 Å². The quantitative estimate of drug-likeness (QED) is 0.311. The highest BCUT2D eigenvalue weighted by atomic mass is 16.4. The molecule has 0 radical (unpaired) electrons. The molecule has 0 aromatic rings. The molecule has 2 unspecified atom stereocenters. The molecule has 0 aliphatic heterocycles. The lowest BCUT2D eigenvalue weighted by molar-refractivity contribution is -0.144.